The predicted octanol–water partition coefficient (Wildman–Crippen LogP) is 1.75. The lowest BCUT2D eigenvalue weighted by Gasteiger charge is -2.07. The lowest BCUT2D eigenvalue weighted by molar-refractivity contribution is 0.102. The van der Waals surface area contributed by atoms with Crippen LogP contribution in [0.4, 0.5) is 5.69 Å². The highest BCUT2D eigenvalue weighted by atomic mass is 16.5. The molecule has 100 valence electrons. The van der Waals surface area contributed by atoms with Crippen LogP contribution in [0.25, 0.3) is 0 Å². The Morgan fingerprint density at radius 3 is 2.89 bits per heavy atom. The maximum atomic E-state index is 12.1. The van der Waals surface area contributed by atoms with Crippen LogP contribution in [0.2, 0.25) is 0 Å². The molecule has 0 spiro atoms. The van der Waals surface area contributed by atoms with Crippen molar-refractivity contribution >= 4 is 11.6 Å². The summed E-state index contributed by atoms with van der Waals surface area (Å²) >= 11 is 0. The maximum Gasteiger partial charge on any atom is 0.259 e. The zero-order chi connectivity index (χ0) is 13.7. The third-order valence-corrected chi connectivity index (χ3v) is 2.50. The molecule has 19 heavy (non-hydrogen) atoms. The molecule has 1 amide bonds. The monoisotopic (exact) mass is 261 g/mol. The van der Waals surface area contributed by atoms with Gasteiger partial charge in [0.1, 0.15) is 12.5 Å². The molecule has 0 saturated carbocycles. The minimum absolute atomic E-state index is 0.241. The zero-order valence-corrected chi connectivity index (χ0v) is 10.8. The van der Waals surface area contributed by atoms with Gasteiger partial charge in [-0.25, -0.2) is 4.68 Å². The molecule has 0 aliphatic heterocycles. The fourth-order valence-corrected chi connectivity index (χ4v) is 1.66. The Labute approximate surface area is 110 Å². The second-order valence-corrected chi connectivity index (χ2v) is 3.84. The fraction of sp³-hybridized carbons (Fsp3) is 0.231. The van der Waals surface area contributed by atoms with Crippen molar-refractivity contribution in [2.24, 2.45) is 0 Å². The number of carbonyl (C=O) groups excluding carboxylic acids is 1. The molecule has 1 aromatic heterocycles. The summed E-state index contributed by atoms with van der Waals surface area (Å²) in [5, 5.41) is 6.79. The minimum atomic E-state index is -0.241. The zero-order valence-electron chi connectivity index (χ0n) is 10.8. The van der Waals surface area contributed by atoms with E-state index < -0.39 is 0 Å². The highest BCUT2D eigenvalue weighted by molar-refractivity contribution is 6.06. The summed E-state index contributed by atoms with van der Waals surface area (Å²) < 4.78 is 11.7. The number of anilines is 1. The molecule has 0 radical (unpaired) electrons. The van der Waals surface area contributed by atoms with Crippen molar-refractivity contribution in [3.8, 4) is 5.75 Å². The summed E-state index contributed by atoms with van der Waals surface area (Å²) in [7, 11) is 3.11. The molecular formula is C13H15N3O3. The van der Waals surface area contributed by atoms with Crippen molar-refractivity contribution in [1.29, 1.82) is 0 Å². The molecule has 0 aliphatic rings. The van der Waals surface area contributed by atoms with Gasteiger partial charge in [-0.1, -0.05) is 12.1 Å². The van der Waals surface area contributed by atoms with Crippen molar-refractivity contribution in [3.63, 3.8) is 0 Å². The molecule has 0 unspecified atom stereocenters. The van der Waals surface area contributed by atoms with Crippen LogP contribution in [-0.4, -0.2) is 29.9 Å². The molecule has 0 saturated heterocycles. The van der Waals surface area contributed by atoms with E-state index in [1.807, 2.05) is 6.07 Å². The largest absolute Gasteiger partial charge is 0.496 e. The Balaban J connectivity index is 2.11. The Morgan fingerprint density at radius 2 is 2.16 bits per heavy atom. The standard InChI is InChI=1S/C13H15N3O3/c1-18-9-16-8-10(7-14-16)15-13(17)11-5-3-4-6-12(11)19-2/h3-8H,9H2,1-2H3,(H,15,17). The Hall–Kier alpha value is -2.34. The van der Waals surface area contributed by atoms with Crippen LogP contribution in [0.5, 0.6) is 5.75 Å². The Bertz CT molecular complexity index is 566. The molecule has 6 nitrogen and oxygen atoms in total. The van der Waals surface area contributed by atoms with Gasteiger partial charge >= 0.3 is 0 Å². The van der Waals surface area contributed by atoms with Crippen molar-refractivity contribution in [3.05, 3.63) is 42.2 Å². The number of carbonyl (C=O) groups is 1. The van der Waals surface area contributed by atoms with Crippen LogP contribution in [0.15, 0.2) is 36.7 Å². The maximum absolute atomic E-state index is 12.1. The van der Waals surface area contributed by atoms with Crippen molar-refractivity contribution in [1.82, 2.24) is 9.78 Å². The van der Waals surface area contributed by atoms with Gasteiger partial charge in [-0.3, -0.25) is 4.79 Å². The summed E-state index contributed by atoms with van der Waals surface area (Å²) in [5.41, 5.74) is 1.08. The van der Waals surface area contributed by atoms with Crippen molar-refractivity contribution in [2.45, 2.75) is 6.73 Å². The van der Waals surface area contributed by atoms with E-state index in [4.69, 9.17) is 9.47 Å². The number of methoxy groups -OCH3 is 2. The summed E-state index contributed by atoms with van der Waals surface area (Å²) in [6, 6.07) is 7.04. The topological polar surface area (TPSA) is 65.4 Å². The van der Waals surface area contributed by atoms with Crippen LogP contribution in [0.3, 0.4) is 0 Å². The van der Waals surface area contributed by atoms with E-state index in [2.05, 4.69) is 10.4 Å². The van der Waals surface area contributed by atoms with Crippen molar-refractivity contribution in [2.75, 3.05) is 19.5 Å². The van der Waals surface area contributed by atoms with Crippen LogP contribution in [0.1, 0.15) is 10.4 Å². The predicted molar refractivity (Wildman–Crippen MR) is 70.2 cm³/mol. The highest BCUT2D eigenvalue weighted by Gasteiger charge is 2.12. The Morgan fingerprint density at radius 1 is 1.37 bits per heavy atom. The SMILES string of the molecule is COCn1cc(NC(=O)c2ccccc2OC)cn1. The molecule has 0 bridgehead atoms. The number of hydrogen-bond acceptors (Lipinski definition) is 4. The average molecular weight is 261 g/mol. The number of hydrogen-bond donors (Lipinski definition) is 1. The second-order valence-electron chi connectivity index (χ2n) is 3.84. The molecule has 0 fully saturated rings. The normalized spacial score (nSPS) is 10.2. The first kappa shape index (κ1) is 13.1. The first-order valence-electron chi connectivity index (χ1n) is 5.70. The average Bonchev–Trinajstić information content (AvgIpc) is 2.86. The van der Waals surface area contributed by atoms with Crippen LogP contribution in [-0.2, 0) is 11.5 Å². The van der Waals surface area contributed by atoms with Crippen LogP contribution < -0.4 is 10.1 Å². The van der Waals surface area contributed by atoms with Crippen LogP contribution >= 0.6 is 0 Å². The van der Waals surface area contributed by atoms with Gasteiger partial charge in [0, 0.05) is 7.11 Å². The smallest absolute Gasteiger partial charge is 0.259 e. The highest BCUT2D eigenvalue weighted by Crippen LogP contribution is 2.18. The van der Waals surface area contributed by atoms with Gasteiger partial charge in [0.25, 0.3) is 5.91 Å². The fourth-order valence-electron chi connectivity index (χ4n) is 1.66. The van der Waals surface area contributed by atoms with Gasteiger partial charge in [0.15, 0.2) is 0 Å². The summed E-state index contributed by atoms with van der Waals surface area (Å²) in [5.74, 6) is 0.290. The minimum Gasteiger partial charge on any atom is -0.496 e. The summed E-state index contributed by atoms with van der Waals surface area (Å²) in [6.45, 7) is 0.338. The van der Waals surface area contributed by atoms with E-state index in [1.54, 1.807) is 42.4 Å². The third-order valence-electron chi connectivity index (χ3n) is 2.50. The third kappa shape index (κ3) is 3.11. The van der Waals surface area contributed by atoms with E-state index in [1.165, 1.54) is 7.11 Å². The molecule has 6 heteroatoms. The Kier molecular flexibility index (Phi) is 4.15. The van der Waals surface area contributed by atoms with Gasteiger partial charge in [-0.2, -0.15) is 5.10 Å². The number of amides is 1. The number of aromatic nitrogens is 2. The molecule has 1 N–H and O–H groups in total. The second kappa shape index (κ2) is 6.01. The number of nitrogens with zero attached hydrogens (tertiary/aromatic N) is 2. The lowest BCUT2D eigenvalue weighted by Crippen LogP contribution is -2.12. The van der Waals surface area contributed by atoms with Gasteiger partial charge in [0.05, 0.1) is 30.8 Å². The van der Waals surface area contributed by atoms with E-state index >= 15 is 0 Å². The molecule has 0 aliphatic carbocycles. The van der Waals surface area contributed by atoms with Gasteiger partial charge in [-0.05, 0) is 12.1 Å². The van der Waals surface area contributed by atoms with E-state index in [0.717, 1.165) is 0 Å². The first-order chi connectivity index (χ1) is 9.24. The van der Waals surface area contributed by atoms with Gasteiger partial charge < -0.3 is 14.8 Å². The number of benzene rings is 1. The van der Waals surface area contributed by atoms with Crippen molar-refractivity contribution < 1.29 is 14.3 Å². The molecule has 2 aromatic rings. The number of nitrogens with one attached hydrogen (secondary N) is 1. The van der Waals surface area contributed by atoms with E-state index in [9.17, 15) is 4.79 Å². The number of para-hydroxylation sites is 1. The molecule has 1 aromatic carbocycles. The van der Waals surface area contributed by atoms with Gasteiger partial charge in [-0.15, -0.1) is 0 Å². The first-order valence-corrected chi connectivity index (χ1v) is 5.70. The summed E-state index contributed by atoms with van der Waals surface area (Å²) in [4.78, 5) is 12.1. The van der Waals surface area contributed by atoms with E-state index in [0.29, 0.717) is 23.7 Å². The van der Waals surface area contributed by atoms with Gasteiger partial charge in [0.2, 0.25) is 0 Å². The van der Waals surface area contributed by atoms with E-state index in [-0.39, 0.29) is 5.91 Å². The molecule has 1 heterocycles. The summed E-state index contributed by atoms with van der Waals surface area (Å²) in [6.07, 6.45) is 3.25. The van der Waals surface area contributed by atoms with Crippen LogP contribution in [0, 0.1) is 0 Å². The lowest BCUT2D eigenvalue weighted by atomic mass is 10.2. The number of ether oxygens (including phenoxy) is 2. The molecular weight excluding hydrogens is 246 g/mol. The quantitative estimate of drug-likeness (QED) is 0.890. The molecule has 2 rings (SSSR count). The number of rotatable bonds is 5. The molecule has 0 atom stereocenters.